The fraction of sp³-hybridized carbons (Fsp3) is 0.583. The van der Waals surface area contributed by atoms with Gasteiger partial charge in [0.2, 0.25) is 11.8 Å². The maximum Gasteiger partial charge on any atom is 0.411 e. The topological polar surface area (TPSA) is 84.7 Å². The van der Waals surface area contributed by atoms with Crippen molar-refractivity contribution in [2.45, 2.75) is 19.5 Å². The second-order valence-corrected chi connectivity index (χ2v) is 4.54. The number of carbonyl (C=O) groups is 2. The van der Waals surface area contributed by atoms with Crippen molar-refractivity contribution in [1.82, 2.24) is 10.1 Å². The summed E-state index contributed by atoms with van der Waals surface area (Å²) in [7, 11) is 1.36. The number of nitrogens with zero attached hydrogens (tertiary/aromatic N) is 2. The molecule has 0 aliphatic rings. The highest BCUT2D eigenvalue weighted by molar-refractivity contribution is 5.93. The molecule has 0 radical (unpaired) electrons. The van der Waals surface area contributed by atoms with Crippen molar-refractivity contribution >= 4 is 17.6 Å². The molecule has 1 aromatic heterocycles. The lowest BCUT2D eigenvalue weighted by Crippen LogP contribution is -2.35. The maximum atomic E-state index is 11.8. The van der Waals surface area contributed by atoms with Gasteiger partial charge in [0, 0.05) is 13.1 Å². The fourth-order valence-corrected chi connectivity index (χ4v) is 1.45. The SMILES string of the molecule is Cc1cc(NC(=O)CN(C)C(=O)CCOCC(F)(F)F)no1. The number of hydrogen-bond acceptors (Lipinski definition) is 5. The van der Waals surface area contributed by atoms with E-state index in [4.69, 9.17) is 4.52 Å². The van der Waals surface area contributed by atoms with Gasteiger partial charge in [-0.1, -0.05) is 5.16 Å². The first kappa shape index (κ1) is 18.0. The molecule has 1 rings (SSSR count). The number of alkyl halides is 3. The van der Waals surface area contributed by atoms with Crippen LogP contribution in [0.4, 0.5) is 19.0 Å². The summed E-state index contributed by atoms with van der Waals surface area (Å²) in [5.41, 5.74) is 0. The first-order valence-electron chi connectivity index (χ1n) is 6.29. The first-order chi connectivity index (χ1) is 10.2. The van der Waals surface area contributed by atoms with Crippen molar-refractivity contribution < 1.29 is 32.0 Å². The molecule has 1 N–H and O–H groups in total. The van der Waals surface area contributed by atoms with Gasteiger partial charge in [-0.15, -0.1) is 0 Å². The third kappa shape index (κ3) is 7.07. The molecule has 0 fully saturated rings. The van der Waals surface area contributed by atoms with Crippen LogP contribution in [0.3, 0.4) is 0 Å². The van der Waals surface area contributed by atoms with Crippen molar-refractivity contribution in [3.63, 3.8) is 0 Å². The lowest BCUT2D eigenvalue weighted by molar-refractivity contribution is -0.175. The van der Waals surface area contributed by atoms with Gasteiger partial charge in [0.05, 0.1) is 19.6 Å². The Balaban J connectivity index is 2.27. The molecule has 10 heteroatoms. The van der Waals surface area contributed by atoms with E-state index in [-0.39, 0.29) is 25.4 Å². The average molecular weight is 323 g/mol. The number of halogens is 3. The number of likely N-dealkylation sites (N-methyl/N-ethyl adjacent to an activating group) is 1. The van der Waals surface area contributed by atoms with E-state index in [0.717, 1.165) is 4.90 Å². The summed E-state index contributed by atoms with van der Waals surface area (Å²) >= 11 is 0. The normalized spacial score (nSPS) is 11.3. The number of nitrogens with one attached hydrogen (secondary N) is 1. The molecule has 2 amide bonds. The third-order valence-electron chi connectivity index (χ3n) is 2.43. The van der Waals surface area contributed by atoms with E-state index in [1.54, 1.807) is 6.92 Å². The second kappa shape index (κ2) is 7.78. The van der Waals surface area contributed by atoms with Crippen molar-refractivity contribution in [3.05, 3.63) is 11.8 Å². The Hall–Kier alpha value is -2.10. The zero-order valence-electron chi connectivity index (χ0n) is 12.1. The van der Waals surface area contributed by atoms with E-state index in [1.807, 2.05) is 0 Å². The average Bonchev–Trinajstić information content (AvgIpc) is 2.78. The van der Waals surface area contributed by atoms with Crippen LogP contribution in [0.1, 0.15) is 12.2 Å². The lowest BCUT2D eigenvalue weighted by Gasteiger charge is -2.16. The highest BCUT2D eigenvalue weighted by Gasteiger charge is 2.27. The van der Waals surface area contributed by atoms with Crippen LogP contribution in [0, 0.1) is 6.92 Å². The molecule has 1 heterocycles. The fourth-order valence-electron chi connectivity index (χ4n) is 1.45. The summed E-state index contributed by atoms with van der Waals surface area (Å²) in [6.07, 6.45) is -4.67. The number of amides is 2. The molecule has 0 atom stereocenters. The Kier molecular flexibility index (Phi) is 6.35. The molecule has 1 aromatic rings. The van der Waals surface area contributed by atoms with E-state index in [1.165, 1.54) is 13.1 Å². The van der Waals surface area contributed by atoms with E-state index in [0.29, 0.717) is 5.76 Å². The number of carbonyl (C=O) groups excluding carboxylic acids is 2. The molecule has 0 saturated carbocycles. The maximum absolute atomic E-state index is 11.8. The number of aromatic nitrogens is 1. The van der Waals surface area contributed by atoms with Crippen LogP contribution in [0.2, 0.25) is 0 Å². The third-order valence-corrected chi connectivity index (χ3v) is 2.43. The number of aryl methyl sites for hydroxylation is 1. The zero-order valence-corrected chi connectivity index (χ0v) is 12.1. The standard InChI is InChI=1S/C12H16F3N3O4/c1-8-5-9(17-22-8)16-10(19)6-18(2)11(20)3-4-21-7-12(13,14)15/h5H,3-4,6-7H2,1-2H3,(H,16,17,19). The summed E-state index contributed by atoms with van der Waals surface area (Å²) in [5, 5.41) is 5.97. The number of rotatable bonds is 7. The molecule has 0 bridgehead atoms. The molecule has 0 aliphatic heterocycles. The van der Waals surface area contributed by atoms with E-state index >= 15 is 0 Å². The Labute approximate surface area is 124 Å². The second-order valence-electron chi connectivity index (χ2n) is 4.54. The molecule has 22 heavy (non-hydrogen) atoms. The first-order valence-corrected chi connectivity index (χ1v) is 6.29. The van der Waals surface area contributed by atoms with Gasteiger partial charge >= 0.3 is 6.18 Å². The van der Waals surface area contributed by atoms with Crippen LogP contribution in [0.15, 0.2) is 10.6 Å². The van der Waals surface area contributed by atoms with Crippen molar-refractivity contribution in [1.29, 1.82) is 0 Å². The van der Waals surface area contributed by atoms with Gasteiger partial charge in [0.25, 0.3) is 0 Å². The molecular weight excluding hydrogens is 307 g/mol. The minimum absolute atomic E-state index is 0.219. The van der Waals surface area contributed by atoms with Crippen molar-refractivity contribution in [3.8, 4) is 0 Å². The number of hydrogen-bond donors (Lipinski definition) is 1. The summed E-state index contributed by atoms with van der Waals surface area (Å²) in [6.45, 7) is -0.383. The molecule has 124 valence electrons. The molecular formula is C12H16F3N3O4. The highest BCUT2D eigenvalue weighted by atomic mass is 19.4. The van der Waals surface area contributed by atoms with Crippen molar-refractivity contribution in [2.24, 2.45) is 0 Å². The van der Waals surface area contributed by atoms with Gasteiger partial charge in [-0.2, -0.15) is 13.2 Å². The molecule has 0 aliphatic carbocycles. The monoisotopic (exact) mass is 323 g/mol. The molecule has 0 unspecified atom stereocenters. The van der Waals surface area contributed by atoms with Crippen LogP contribution < -0.4 is 5.32 Å². The number of anilines is 1. The van der Waals surface area contributed by atoms with Gasteiger partial charge < -0.3 is 19.5 Å². The quantitative estimate of drug-likeness (QED) is 0.766. The summed E-state index contributed by atoms with van der Waals surface area (Å²) in [6, 6.07) is 1.50. The molecule has 0 saturated heterocycles. The van der Waals surface area contributed by atoms with Crippen LogP contribution in [0.25, 0.3) is 0 Å². The predicted molar refractivity (Wildman–Crippen MR) is 69.0 cm³/mol. The minimum Gasteiger partial charge on any atom is -0.372 e. The zero-order chi connectivity index (χ0) is 16.8. The smallest absolute Gasteiger partial charge is 0.372 e. The lowest BCUT2D eigenvalue weighted by atomic mass is 10.3. The molecule has 7 nitrogen and oxygen atoms in total. The van der Waals surface area contributed by atoms with Gasteiger partial charge in [-0.05, 0) is 6.92 Å². The van der Waals surface area contributed by atoms with Crippen LogP contribution >= 0.6 is 0 Å². The highest BCUT2D eigenvalue weighted by Crippen LogP contribution is 2.14. The van der Waals surface area contributed by atoms with E-state index in [9.17, 15) is 22.8 Å². The predicted octanol–water partition coefficient (Wildman–Crippen LogP) is 1.35. The number of ether oxygens (including phenoxy) is 1. The molecule has 0 spiro atoms. The molecule has 0 aromatic carbocycles. The van der Waals surface area contributed by atoms with Crippen molar-refractivity contribution in [2.75, 3.05) is 32.1 Å². The Morgan fingerprint density at radius 1 is 1.45 bits per heavy atom. The summed E-state index contributed by atoms with van der Waals surface area (Å²) in [5.74, 6) is -0.271. The Morgan fingerprint density at radius 3 is 2.68 bits per heavy atom. The Bertz CT molecular complexity index is 516. The van der Waals surface area contributed by atoms with E-state index < -0.39 is 24.6 Å². The van der Waals surface area contributed by atoms with Gasteiger partial charge in [-0.25, -0.2) is 0 Å². The van der Waals surface area contributed by atoms with Gasteiger partial charge in [-0.3, -0.25) is 9.59 Å². The summed E-state index contributed by atoms with van der Waals surface area (Å²) < 4.78 is 44.6. The largest absolute Gasteiger partial charge is 0.411 e. The van der Waals surface area contributed by atoms with Gasteiger partial charge in [0.15, 0.2) is 5.82 Å². The van der Waals surface area contributed by atoms with Crippen LogP contribution in [-0.2, 0) is 14.3 Å². The summed E-state index contributed by atoms with van der Waals surface area (Å²) in [4.78, 5) is 24.3. The van der Waals surface area contributed by atoms with Gasteiger partial charge in [0.1, 0.15) is 12.4 Å². The van der Waals surface area contributed by atoms with E-state index in [2.05, 4.69) is 15.2 Å². The van der Waals surface area contributed by atoms with Crippen LogP contribution in [-0.4, -0.2) is 54.9 Å². The Morgan fingerprint density at radius 2 is 2.14 bits per heavy atom. The minimum atomic E-state index is -4.43. The van der Waals surface area contributed by atoms with Crippen LogP contribution in [0.5, 0.6) is 0 Å².